The van der Waals surface area contributed by atoms with Crippen LogP contribution in [0.1, 0.15) is 50.5 Å². The highest BCUT2D eigenvalue weighted by molar-refractivity contribution is 6.39. The van der Waals surface area contributed by atoms with Crippen LogP contribution in [0, 0.1) is 0 Å². The van der Waals surface area contributed by atoms with E-state index in [-0.39, 0.29) is 27.4 Å². The van der Waals surface area contributed by atoms with Crippen LogP contribution in [-0.2, 0) is 16.0 Å². The number of aryl methyl sites for hydroxylation is 1. The molecule has 1 heterocycles. The van der Waals surface area contributed by atoms with Crippen molar-refractivity contribution in [3.05, 3.63) is 94.0 Å². The molecule has 0 radical (unpaired) electrons. The topological polar surface area (TPSA) is 92.8 Å². The minimum absolute atomic E-state index is 0.0489. The Kier molecular flexibility index (Phi) is 6.47. The van der Waals surface area contributed by atoms with Gasteiger partial charge in [-0.05, 0) is 61.4 Å². The van der Waals surface area contributed by atoms with E-state index in [0.29, 0.717) is 5.69 Å². The van der Waals surface area contributed by atoms with E-state index < -0.39 is 29.8 Å². The molecule has 0 fully saturated rings. The number of hydrogen-bond donors (Lipinski definition) is 1. The number of benzene rings is 3. The first-order valence-corrected chi connectivity index (χ1v) is 11.1. The van der Waals surface area contributed by atoms with Gasteiger partial charge in [0.1, 0.15) is 0 Å². The van der Waals surface area contributed by atoms with Gasteiger partial charge in [-0.3, -0.25) is 14.4 Å². The molecule has 34 heavy (non-hydrogen) atoms. The Bertz CT molecular complexity index is 1300. The average Bonchev–Trinajstić information content (AvgIpc) is 3.09. The second-order valence-electron chi connectivity index (χ2n) is 7.74. The molecular weight excluding hydrogens is 456 g/mol. The summed E-state index contributed by atoms with van der Waals surface area (Å²) in [4.78, 5) is 51.8. The first-order chi connectivity index (χ1) is 16.3. The van der Waals surface area contributed by atoms with Gasteiger partial charge in [0.05, 0.1) is 27.4 Å². The summed E-state index contributed by atoms with van der Waals surface area (Å²) >= 11 is 6.16. The van der Waals surface area contributed by atoms with Gasteiger partial charge in [-0.25, -0.2) is 9.69 Å². The molecule has 3 aromatic carbocycles. The molecule has 1 unspecified atom stereocenters. The van der Waals surface area contributed by atoms with Crippen molar-refractivity contribution in [2.45, 2.75) is 26.4 Å². The van der Waals surface area contributed by atoms with E-state index in [4.69, 9.17) is 16.3 Å². The van der Waals surface area contributed by atoms with Gasteiger partial charge in [-0.2, -0.15) is 0 Å². The Balaban J connectivity index is 1.47. The number of hydrogen-bond acceptors (Lipinski definition) is 5. The monoisotopic (exact) mass is 476 g/mol. The Morgan fingerprint density at radius 1 is 0.971 bits per heavy atom. The molecule has 1 aliphatic heterocycles. The van der Waals surface area contributed by atoms with E-state index in [9.17, 15) is 19.2 Å². The van der Waals surface area contributed by atoms with Gasteiger partial charge in [0.2, 0.25) is 0 Å². The summed E-state index contributed by atoms with van der Waals surface area (Å²) < 4.78 is 5.29. The maximum Gasteiger partial charge on any atom is 0.338 e. The fraction of sp³-hybridized carbons (Fsp3) is 0.154. The second-order valence-corrected chi connectivity index (χ2v) is 8.15. The number of esters is 1. The molecule has 1 N–H and O–H groups in total. The first-order valence-electron chi connectivity index (χ1n) is 10.7. The summed E-state index contributed by atoms with van der Waals surface area (Å²) in [5.41, 5.74) is 2.25. The van der Waals surface area contributed by atoms with Gasteiger partial charge in [0, 0.05) is 5.69 Å². The van der Waals surface area contributed by atoms with Crippen molar-refractivity contribution in [3.63, 3.8) is 0 Å². The molecule has 0 bridgehead atoms. The van der Waals surface area contributed by atoms with Crippen LogP contribution >= 0.6 is 11.6 Å². The van der Waals surface area contributed by atoms with Gasteiger partial charge in [-0.1, -0.05) is 42.8 Å². The SMILES string of the molecule is CCc1ccc(NC(=O)C(C)OC(=O)c2ccc3c(c2)C(=O)N(c2ccccc2Cl)C3=O)cc1. The Morgan fingerprint density at radius 3 is 2.32 bits per heavy atom. The van der Waals surface area contributed by atoms with Crippen molar-refractivity contribution < 1.29 is 23.9 Å². The van der Waals surface area contributed by atoms with Crippen LogP contribution in [0.5, 0.6) is 0 Å². The van der Waals surface area contributed by atoms with Crippen LogP contribution < -0.4 is 10.2 Å². The number of nitrogens with one attached hydrogen (secondary N) is 1. The number of ether oxygens (including phenoxy) is 1. The number of rotatable bonds is 6. The number of nitrogens with zero attached hydrogens (tertiary/aromatic N) is 1. The van der Waals surface area contributed by atoms with Crippen LogP contribution in [0.4, 0.5) is 11.4 Å². The minimum Gasteiger partial charge on any atom is -0.449 e. The van der Waals surface area contributed by atoms with E-state index in [1.807, 2.05) is 19.1 Å². The van der Waals surface area contributed by atoms with Gasteiger partial charge < -0.3 is 10.1 Å². The summed E-state index contributed by atoms with van der Waals surface area (Å²) in [7, 11) is 0. The third kappa shape index (κ3) is 4.43. The maximum atomic E-state index is 12.9. The molecule has 4 rings (SSSR count). The summed E-state index contributed by atoms with van der Waals surface area (Å²) in [5, 5.41) is 2.95. The molecule has 0 aromatic heterocycles. The van der Waals surface area contributed by atoms with E-state index in [1.165, 1.54) is 25.1 Å². The predicted molar refractivity (Wildman–Crippen MR) is 128 cm³/mol. The van der Waals surface area contributed by atoms with Gasteiger partial charge in [0.15, 0.2) is 6.10 Å². The lowest BCUT2D eigenvalue weighted by Crippen LogP contribution is -2.30. The number of imide groups is 1. The first kappa shape index (κ1) is 23.2. The highest BCUT2D eigenvalue weighted by atomic mass is 35.5. The van der Waals surface area contributed by atoms with Crippen molar-refractivity contribution in [1.29, 1.82) is 0 Å². The average molecular weight is 477 g/mol. The summed E-state index contributed by atoms with van der Waals surface area (Å²) in [5.74, 6) is -2.41. The highest BCUT2D eigenvalue weighted by Gasteiger charge is 2.38. The van der Waals surface area contributed by atoms with Gasteiger partial charge in [0.25, 0.3) is 17.7 Å². The number of para-hydroxylation sites is 1. The van der Waals surface area contributed by atoms with Crippen molar-refractivity contribution in [3.8, 4) is 0 Å². The van der Waals surface area contributed by atoms with Crippen molar-refractivity contribution in [2.75, 3.05) is 10.2 Å². The van der Waals surface area contributed by atoms with Crippen molar-refractivity contribution >= 4 is 46.7 Å². The van der Waals surface area contributed by atoms with E-state index >= 15 is 0 Å². The predicted octanol–water partition coefficient (Wildman–Crippen LogP) is 4.89. The number of amides is 3. The Labute approximate surface area is 201 Å². The van der Waals surface area contributed by atoms with E-state index in [0.717, 1.165) is 16.9 Å². The summed E-state index contributed by atoms with van der Waals surface area (Å²) in [6, 6.07) is 17.9. The molecule has 7 nitrogen and oxygen atoms in total. The number of fused-ring (bicyclic) bond motifs is 1. The minimum atomic E-state index is -1.08. The standard InChI is InChI=1S/C26H21ClN2O5/c1-3-16-8-11-18(12-9-16)28-23(30)15(2)34-26(33)17-10-13-19-20(14-17)25(32)29(24(19)31)22-7-5-4-6-21(22)27/h4-15H,3H2,1-2H3,(H,28,30). The maximum absolute atomic E-state index is 12.9. The molecule has 3 aromatic rings. The zero-order chi connectivity index (χ0) is 24.4. The number of carbonyl (C=O) groups excluding carboxylic acids is 4. The smallest absolute Gasteiger partial charge is 0.338 e. The van der Waals surface area contributed by atoms with Crippen molar-refractivity contribution in [1.82, 2.24) is 0 Å². The van der Waals surface area contributed by atoms with Crippen LogP contribution in [-0.4, -0.2) is 29.8 Å². The van der Waals surface area contributed by atoms with Crippen molar-refractivity contribution in [2.24, 2.45) is 0 Å². The molecule has 8 heteroatoms. The fourth-order valence-corrected chi connectivity index (χ4v) is 3.79. The molecule has 0 saturated heterocycles. The third-order valence-corrected chi connectivity index (χ3v) is 5.82. The molecule has 3 amide bonds. The van der Waals surface area contributed by atoms with Crippen LogP contribution in [0.15, 0.2) is 66.7 Å². The van der Waals surface area contributed by atoms with E-state index in [2.05, 4.69) is 5.32 Å². The van der Waals surface area contributed by atoms with Crippen LogP contribution in [0.3, 0.4) is 0 Å². The van der Waals surface area contributed by atoms with Crippen LogP contribution in [0.25, 0.3) is 0 Å². The van der Waals surface area contributed by atoms with Crippen LogP contribution in [0.2, 0.25) is 5.02 Å². The molecule has 0 saturated carbocycles. The Morgan fingerprint density at radius 2 is 1.65 bits per heavy atom. The lowest BCUT2D eigenvalue weighted by molar-refractivity contribution is -0.123. The molecule has 172 valence electrons. The third-order valence-electron chi connectivity index (χ3n) is 5.50. The molecular formula is C26H21ClN2O5. The molecule has 0 aliphatic carbocycles. The van der Waals surface area contributed by atoms with Gasteiger partial charge in [-0.15, -0.1) is 0 Å². The Hall–Kier alpha value is -3.97. The zero-order valence-corrected chi connectivity index (χ0v) is 19.3. The summed E-state index contributed by atoms with van der Waals surface area (Å²) in [6.07, 6.45) is -0.198. The normalized spacial score (nSPS) is 13.4. The number of halogens is 1. The fourth-order valence-electron chi connectivity index (χ4n) is 3.57. The molecule has 1 aliphatic rings. The second kappa shape index (κ2) is 9.49. The highest BCUT2D eigenvalue weighted by Crippen LogP contribution is 2.33. The van der Waals surface area contributed by atoms with Gasteiger partial charge >= 0.3 is 5.97 Å². The van der Waals surface area contributed by atoms with E-state index in [1.54, 1.807) is 36.4 Å². The lowest BCUT2D eigenvalue weighted by Gasteiger charge is -2.15. The zero-order valence-electron chi connectivity index (χ0n) is 18.5. The lowest BCUT2D eigenvalue weighted by atomic mass is 10.1. The quantitative estimate of drug-likeness (QED) is 0.404. The molecule has 0 spiro atoms. The largest absolute Gasteiger partial charge is 0.449 e. The summed E-state index contributed by atoms with van der Waals surface area (Å²) in [6.45, 7) is 3.49. The molecule has 1 atom stereocenters. The number of carbonyl (C=O) groups is 4. The number of anilines is 2.